The van der Waals surface area contributed by atoms with E-state index in [4.69, 9.17) is 0 Å². The Labute approximate surface area is 168 Å². The summed E-state index contributed by atoms with van der Waals surface area (Å²) >= 11 is 0. The van der Waals surface area contributed by atoms with Crippen LogP contribution in [0.25, 0.3) is 16.7 Å². The van der Waals surface area contributed by atoms with E-state index in [2.05, 4.69) is 10.3 Å². The molecule has 1 N–H and O–H groups in total. The van der Waals surface area contributed by atoms with Gasteiger partial charge in [-0.1, -0.05) is 36.4 Å². The van der Waals surface area contributed by atoms with Crippen molar-refractivity contribution in [2.45, 2.75) is 27.3 Å². The lowest BCUT2D eigenvalue weighted by atomic mass is 10.2. The summed E-state index contributed by atoms with van der Waals surface area (Å²) in [6.45, 7) is 5.72. The number of benzene rings is 2. The number of rotatable bonds is 4. The Balaban J connectivity index is 1.72. The number of carbonyl (C=O) groups excluding carboxylic acids is 1. The van der Waals surface area contributed by atoms with Gasteiger partial charge in [-0.05, 0) is 50.1 Å². The van der Waals surface area contributed by atoms with E-state index in [-0.39, 0.29) is 18.0 Å². The summed E-state index contributed by atoms with van der Waals surface area (Å²) in [5.41, 5.74) is 4.87. The molecule has 2 aromatic carbocycles. The van der Waals surface area contributed by atoms with Crippen molar-refractivity contribution >= 4 is 22.6 Å². The Morgan fingerprint density at radius 1 is 1.00 bits per heavy atom. The summed E-state index contributed by atoms with van der Waals surface area (Å²) in [6, 6.07) is 17.4. The van der Waals surface area contributed by atoms with E-state index in [0.29, 0.717) is 11.0 Å². The van der Waals surface area contributed by atoms with E-state index in [1.54, 1.807) is 0 Å². The van der Waals surface area contributed by atoms with Crippen molar-refractivity contribution in [2.24, 2.45) is 0 Å². The first-order chi connectivity index (χ1) is 14.0. The molecule has 2 aromatic heterocycles. The molecular weight excluding hydrogens is 364 g/mol. The van der Waals surface area contributed by atoms with Crippen molar-refractivity contribution in [2.75, 3.05) is 5.32 Å². The van der Waals surface area contributed by atoms with Crippen LogP contribution in [0.5, 0.6) is 0 Å². The molecule has 0 saturated carbocycles. The summed E-state index contributed by atoms with van der Waals surface area (Å²) in [7, 11) is 0. The fraction of sp³-hybridized carbons (Fsp3) is 0.174. The molecule has 0 aliphatic carbocycles. The van der Waals surface area contributed by atoms with Gasteiger partial charge < -0.3 is 5.32 Å². The lowest BCUT2D eigenvalue weighted by Gasteiger charge is -2.10. The number of nitrogens with zero attached hydrogens (tertiary/aromatic N) is 3. The molecule has 0 saturated heterocycles. The number of carbonyl (C=O) groups is 1. The monoisotopic (exact) mass is 386 g/mol. The first-order valence-corrected chi connectivity index (χ1v) is 9.45. The van der Waals surface area contributed by atoms with Gasteiger partial charge in [-0.15, -0.1) is 0 Å². The third-order valence-electron chi connectivity index (χ3n) is 5.23. The molecule has 0 aliphatic heterocycles. The van der Waals surface area contributed by atoms with Gasteiger partial charge >= 0.3 is 0 Å². The van der Waals surface area contributed by atoms with Gasteiger partial charge in [-0.3, -0.25) is 18.7 Å². The van der Waals surface area contributed by atoms with Crippen molar-refractivity contribution in [1.29, 1.82) is 0 Å². The largest absolute Gasteiger partial charge is 0.324 e. The molecule has 0 radical (unpaired) electrons. The molecular formula is C23H22N4O2. The van der Waals surface area contributed by atoms with E-state index in [1.807, 2.05) is 79.9 Å². The molecule has 0 aliphatic rings. The highest BCUT2D eigenvalue weighted by Gasteiger charge is 2.18. The lowest BCUT2D eigenvalue weighted by molar-refractivity contribution is -0.116. The van der Waals surface area contributed by atoms with E-state index >= 15 is 0 Å². The molecule has 4 rings (SSSR count). The molecule has 0 unspecified atom stereocenters. The molecule has 0 bridgehead atoms. The van der Waals surface area contributed by atoms with Gasteiger partial charge in [0.15, 0.2) is 5.65 Å². The summed E-state index contributed by atoms with van der Waals surface area (Å²) < 4.78 is 3.33. The average molecular weight is 386 g/mol. The second-order valence-corrected chi connectivity index (χ2v) is 7.12. The van der Waals surface area contributed by atoms with E-state index in [0.717, 1.165) is 28.2 Å². The standard InChI is InChI=1S/C23H22N4O2/c1-15-9-7-8-12-19(15)25-20(28)13-26-14-24-22-21(23(26)29)16(2)17(3)27(22)18-10-5-4-6-11-18/h4-12,14H,13H2,1-3H3,(H,25,28). The fourth-order valence-electron chi connectivity index (χ4n) is 3.55. The fourth-order valence-corrected chi connectivity index (χ4v) is 3.55. The minimum absolute atomic E-state index is 0.0922. The van der Waals surface area contributed by atoms with Crippen LogP contribution in [-0.4, -0.2) is 20.0 Å². The third-order valence-corrected chi connectivity index (χ3v) is 5.23. The van der Waals surface area contributed by atoms with Crippen LogP contribution in [0.2, 0.25) is 0 Å². The predicted octanol–water partition coefficient (Wildman–Crippen LogP) is 3.75. The second-order valence-electron chi connectivity index (χ2n) is 7.12. The van der Waals surface area contributed by atoms with Crippen LogP contribution in [-0.2, 0) is 11.3 Å². The normalized spacial score (nSPS) is 11.0. The third kappa shape index (κ3) is 3.33. The number of hydrogen-bond acceptors (Lipinski definition) is 3. The van der Waals surface area contributed by atoms with Gasteiger partial charge in [0.1, 0.15) is 12.9 Å². The smallest absolute Gasteiger partial charge is 0.263 e. The van der Waals surface area contributed by atoms with Crippen molar-refractivity contribution in [3.05, 3.63) is 88.1 Å². The van der Waals surface area contributed by atoms with E-state index in [1.165, 1.54) is 10.9 Å². The van der Waals surface area contributed by atoms with Crippen molar-refractivity contribution in [1.82, 2.24) is 14.1 Å². The SMILES string of the molecule is Cc1ccccc1NC(=O)Cn1cnc2c(c(C)c(C)n2-c2ccccc2)c1=O. The first kappa shape index (κ1) is 18.7. The maximum absolute atomic E-state index is 13.1. The quantitative estimate of drug-likeness (QED) is 0.581. The summed E-state index contributed by atoms with van der Waals surface area (Å²) in [4.78, 5) is 30.2. The maximum Gasteiger partial charge on any atom is 0.263 e. The van der Waals surface area contributed by atoms with Crippen LogP contribution < -0.4 is 10.9 Å². The Morgan fingerprint density at radius 2 is 1.69 bits per heavy atom. The zero-order valence-corrected chi connectivity index (χ0v) is 16.6. The molecule has 0 fully saturated rings. The zero-order chi connectivity index (χ0) is 20.5. The number of fused-ring (bicyclic) bond motifs is 1. The van der Waals surface area contributed by atoms with Crippen molar-refractivity contribution in [3.63, 3.8) is 0 Å². The first-order valence-electron chi connectivity index (χ1n) is 9.45. The zero-order valence-electron chi connectivity index (χ0n) is 16.6. The molecule has 6 nitrogen and oxygen atoms in total. The van der Waals surface area contributed by atoms with Gasteiger partial charge in [0.2, 0.25) is 5.91 Å². The summed E-state index contributed by atoms with van der Waals surface area (Å²) in [5, 5.41) is 3.40. The summed E-state index contributed by atoms with van der Waals surface area (Å²) in [6.07, 6.45) is 1.44. The molecule has 0 spiro atoms. The van der Waals surface area contributed by atoms with Crippen LogP contribution in [0.4, 0.5) is 5.69 Å². The minimum Gasteiger partial charge on any atom is -0.324 e. The Bertz CT molecular complexity index is 1270. The van der Waals surface area contributed by atoms with Crippen LogP contribution in [0.15, 0.2) is 65.7 Å². The van der Waals surface area contributed by atoms with Gasteiger partial charge in [-0.2, -0.15) is 0 Å². The highest BCUT2D eigenvalue weighted by Crippen LogP contribution is 2.24. The number of anilines is 1. The minimum atomic E-state index is -0.264. The van der Waals surface area contributed by atoms with Crippen LogP contribution in [0, 0.1) is 20.8 Å². The molecule has 1 amide bonds. The van der Waals surface area contributed by atoms with Crippen LogP contribution >= 0.6 is 0 Å². The van der Waals surface area contributed by atoms with Gasteiger partial charge in [-0.25, -0.2) is 4.98 Å². The molecule has 0 atom stereocenters. The number of aryl methyl sites for hydroxylation is 2. The van der Waals surface area contributed by atoms with Gasteiger partial charge in [0, 0.05) is 17.1 Å². The molecule has 6 heteroatoms. The Morgan fingerprint density at radius 3 is 2.41 bits per heavy atom. The summed E-state index contributed by atoms with van der Waals surface area (Å²) in [5.74, 6) is -0.264. The van der Waals surface area contributed by atoms with E-state index in [9.17, 15) is 9.59 Å². The van der Waals surface area contributed by atoms with Gasteiger partial charge in [0.25, 0.3) is 5.56 Å². The number of amides is 1. The molecule has 146 valence electrons. The molecule has 4 aromatic rings. The number of aromatic nitrogens is 3. The number of hydrogen-bond donors (Lipinski definition) is 1. The lowest BCUT2D eigenvalue weighted by Crippen LogP contribution is -2.28. The Hall–Kier alpha value is -3.67. The average Bonchev–Trinajstić information content (AvgIpc) is 2.97. The van der Waals surface area contributed by atoms with Crippen molar-refractivity contribution in [3.8, 4) is 5.69 Å². The predicted molar refractivity (Wildman–Crippen MR) is 115 cm³/mol. The topological polar surface area (TPSA) is 68.9 Å². The Kier molecular flexibility index (Phi) is 4.76. The highest BCUT2D eigenvalue weighted by atomic mass is 16.2. The number of nitrogens with one attached hydrogen (secondary N) is 1. The second kappa shape index (κ2) is 7.39. The molecule has 2 heterocycles. The van der Waals surface area contributed by atoms with E-state index < -0.39 is 0 Å². The number of para-hydroxylation sites is 2. The molecule has 29 heavy (non-hydrogen) atoms. The van der Waals surface area contributed by atoms with Crippen LogP contribution in [0.3, 0.4) is 0 Å². The van der Waals surface area contributed by atoms with Gasteiger partial charge in [0.05, 0.1) is 5.39 Å². The van der Waals surface area contributed by atoms with Crippen molar-refractivity contribution < 1.29 is 4.79 Å². The van der Waals surface area contributed by atoms with Crippen LogP contribution in [0.1, 0.15) is 16.8 Å². The highest BCUT2D eigenvalue weighted by molar-refractivity contribution is 5.91. The maximum atomic E-state index is 13.1.